The van der Waals surface area contributed by atoms with Crippen LogP contribution in [0, 0.1) is 5.41 Å². The molecule has 0 saturated carbocycles. The molecule has 3 amide bonds. The highest BCUT2D eigenvalue weighted by Gasteiger charge is 2.43. The Morgan fingerprint density at radius 1 is 1.16 bits per heavy atom. The minimum Gasteiger partial charge on any atom is -0.351 e. The number of hydrogen-bond donors (Lipinski definition) is 3. The first-order valence-corrected chi connectivity index (χ1v) is 11.0. The van der Waals surface area contributed by atoms with Crippen LogP contribution in [-0.2, 0) is 16.1 Å². The van der Waals surface area contributed by atoms with Gasteiger partial charge < -0.3 is 21.3 Å². The maximum Gasteiger partial charge on any atom is 0.256 e. The SMILES string of the molecule is CC(C)(C)CC(=O)N[C@H]1C[C@H]2C(=O)Nc3ccc(-c4cccc(CN)c4)cc3C(=O)N2C1. The lowest BCUT2D eigenvalue weighted by molar-refractivity contribution is -0.123. The van der Waals surface area contributed by atoms with Crippen LogP contribution in [0.5, 0.6) is 0 Å². The van der Waals surface area contributed by atoms with E-state index < -0.39 is 6.04 Å². The summed E-state index contributed by atoms with van der Waals surface area (Å²) in [5.74, 6) is -0.481. The summed E-state index contributed by atoms with van der Waals surface area (Å²) in [6.45, 7) is 6.76. The Bertz CT molecular complexity index is 1070. The van der Waals surface area contributed by atoms with E-state index in [0.29, 0.717) is 37.2 Å². The van der Waals surface area contributed by atoms with E-state index in [9.17, 15) is 14.4 Å². The van der Waals surface area contributed by atoms with Crippen molar-refractivity contribution >= 4 is 23.4 Å². The summed E-state index contributed by atoms with van der Waals surface area (Å²) in [6.07, 6.45) is 0.801. The van der Waals surface area contributed by atoms with Gasteiger partial charge in [-0.1, -0.05) is 45.0 Å². The first-order chi connectivity index (χ1) is 15.1. The van der Waals surface area contributed by atoms with Gasteiger partial charge in [-0.3, -0.25) is 14.4 Å². The molecule has 2 aliphatic rings. The highest BCUT2D eigenvalue weighted by molar-refractivity contribution is 6.10. The second kappa shape index (κ2) is 8.39. The molecule has 0 aliphatic carbocycles. The van der Waals surface area contributed by atoms with Crippen molar-refractivity contribution in [1.29, 1.82) is 0 Å². The zero-order valence-electron chi connectivity index (χ0n) is 18.8. The number of anilines is 1. The van der Waals surface area contributed by atoms with E-state index in [0.717, 1.165) is 16.7 Å². The molecular formula is C25H30N4O3. The van der Waals surface area contributed by atoms with Gasteiger partial charge in [-0.2, -0.15) is 0 Å². The topological polar surface area (TPSA) is 105 Å². The molecule has 0 spiro atoms. The van der Waals surface area contributed by atoms with Crippen LogP contribution < -0.4 is 16.4 Å². The van der Waals surface area contributed by atoms with Crippen molar-refractivity contribution in [3.63, 3.8) is 0 Å². The summed E-state index contributed by atoms with van der Waals surface area (Å²) >= 11 is 0. The lowest BCUT2D eigenvalue weighted by Gasteiger charge is -2.21. The lowest BCUT2D eigenvalue weighted by Crippen LogP contribution is -2.41. The zero-order chi connectivity index (χ0) is 23.0. The molecule has 0 unspecified atom stereocenters. The predicted molar refractivity (Wildman–Crippen MR) is 124 cm³/mol. The average Bonchev–Trinajstić information content (AvgIpc) is 3.12. The summed E-state index contributed by atoms with van der Waals surface area (Å²) in [6, 6.07) is 12.5. The molecule has 32 heavy (non-hydrogen) atoms. The van der Waals surface area contributed by atoms with Crippen LogP contribution in [0.2, 0.25) is 0 Å². The Labute approximate surface area is 188 Å². The molecule has 7 heteroatoms. The Hall–Kier alpha value is -3.19. The molecule has 0 aromatic heterocycles. The Balaban J connectivity index is 1.58. The van der Waals surface area contributed by atoms with Crippen molar-refractivity contribution in [2.75, 3.05) is 11.9 Å². The number of rotatable bonds is 4. The maximum absolute atomic E-state index is 13.4. The van der Waals surface area contributed by atoms with Crippen LogP contribution in [-0.4, -0.2) is 41.2 Å². The van der Waals surface area contributed by atoms with E-state index in [1.54, 1.807) is 11.0 Å². The van der Waals surface area contributed by atoms with E-state index in [1.807, 2.05) is 57.2 Å². The maximum atomic E-state index is 13.4. The third-order valence-corrected chi connectivity index (χ3v) is 5.92. The molecule has 168 valence electrons. The van der Waals surface area contributed by atoms with Gasteiger partial charge in [0.2, 0.25) is 11.8 Å². The van der Waals surface area contributed by atoms with Crippen molar-refractivity contribution in [1.82, 2.24) is 10.2 Å². The molecule has 2 aliphatic heterocycles. The number of amides is 3. The number of nitrogens with one attached hydrogen (secondary N) is 2. The molecule has 2 aromatic carbocycles. The predicted octanol–water partition coefficient (Wildman–Crippen LogP) is 2.90. The van der Waals surface area contributed by atoms with Gasteiger partial charge in [0.25, 0.3) is 5.91 Å². The van der Waals surface area contributed by atoms with Crippen molar-refractivity contribution in [2.45, 2.75) is 52.2 Å². The second-order valence-corrected chi connectivity index (χ2v) is 9.87. The second-order valence-electron chi connectivity index (χ2n) is 9.87. The fourth-order valence-corrected chi connectivity index (χ4v) is 4.43. The number of carbonyl (C=O) groups is 3. The summed E-state index contributed by atoms with van der Waals surface area (Å²) in [7, 11) is 0. The Kier molecular flexibility index (Phi) is 5.77. The minimum absolute atomic E-state index is 0.0597. The third kappa shape index (κ3) is 4.53. The van der Waals surface area contributed by atoms with E-state index in [4.69, 9.17) is 5.73 Å². The van der Waals surface area contributed by atoms with Gasteiger partial charge in [-0.05, 0) is 46.7 Å². The van der Waals surface area contributed by atoms with Crippen LogP contribution in [0.3, 0.4) is 0 Å². The summed E-state index contributed by atoms with van der Waals surface area (Å²) in [4.78, 5) is 40.3. The molecule has 1 fully saturated rings. The van der Waals surface area contributed by atoms with Gasteiger partial charge in [-0.25, -0.2) is 0 Å². The highest BCUT2D eigenvalue weighted by atomic mass is 16.2. The van der Waals surface area contributed by atoms with E-state index in [1.165, 1.54) is 0 Å². The van der Waals surface area contributed by atoms with Crippen LogP contribution >= 0.6 is 0 Å². The van der Waals surface area contributed by atoms with E-state index in [2.05, 4.69) is 10.6 Å². The van der Waals surface area contributed by atoms with E-state index >= 15 is 0 Å². The number of benzene rings is 2. The molecule has 2 heterocycles. The average molecular weight is 435 g/mol. The van der Waals surface area contributed by atoms with Gasteiger partial charge in [0.1, 0.15) is 6.04 Å². The molecule has 0 bridgehead atoms. The van der Waals surface area contributed by atoms with Crippen LogP contribution in [0.25, 0.3) is 11.1 Å². The fourth-order valence-electron chi connectivity index (χ4n) is 4.43. The normalized spacial score (nSPS) is 20.3. The number of hydrogen-bond acceptors (Lipinski definition) is 4. The standard InChI is InChI=1S/C25H30N4O3/c1-25(2,3)12-22(30)27-18-11-21-23(31)28-20-8-7-17(10-19(20)24(32)29(21)14-18)16-6-4-5-15(9-16)13-26/h4-10,18,21H,11-14,26H2,1-3H3,(H,27,30)(H,28,31)/t18-,21-/m0/s1. The fraction of sp³-hybridized carbons (Fsp3) is 0.400. The summed E-state index contributed by atoms with van der Waals surface area (Å²) < 4.78 is 0. The first kappa shape index (κ1) is 22.0. The first-order valence-electron chi connectivity index (χ1n) is 11.0. The molecule has 0 radical (unpaired) electrons. The van der Waals surface area contributed by atoms with Gasteiger partial charge in [0, 0.05) is 25.6 Å². The zero-order valence-corrected chi connectivity index (χ0v) is 18.8. The molecular weight excluding hydrogens is 404 g/mol. The van der Waals surface area contributed by atoms with Crippen molar-refractivity contribution in [2.24, 2.45) is 11.1 Å². The smallest absolute Gasteiger partial charge is 0.256 e. The van der Waals surface area contributed by atoms with Crippen LogP contribution in [0.1, 0.15) is 49.5 Å². The summed E-state index contributed by atoms with van der Waals surface area (Å²) in [5.41, 5.74) is 9.46. The number of fused-ring (bicyclic) bond motifs is 2. The lowest BCUT2D eigenvalue weighted by atomic mass is 9.92. The van der Waals surface area contributed by atoms with Crippen LogP contribution in [0.15, 0.2) is 42.5 Å². The van der Waals surface area contributed by atoms with Gasteiger partial charge >= 0.3 is 0 Å². The van der Waals surface area contributed by atoms with Crippen molar-refractivity contribution < 1.29 is 14.4 Å². The third-order valence-electron chi connectivity index (χ3n) is 5.92. The molecule has 2 aromatic rings. The molecule has 4 N–H and O–H groups in total. The Morgan fingerprint density at radius 2 is 1.91 bits per heavy atom. The minimum atomic E-state index is -0.598. The summed E-state index contributed by atoms with van der Waals surface area (Å²) in [5, 5.41) is 5.91. The van der Waals surface area contributed by atoms with E-state index in [-0.39, 0.29) is 29.2 Å². The van der Waals surface area contributed by atoms with Crippen molar-refractivity contribution in [3.8, 4) is 11.1 Å². The molecule has 4 rings (SSSR count). The number of nitrogens with two attached hydrogens (primary N) is 1. The van der Waals surface area contributed by atoms with Gasteiger partial charge in [0.05, 0.1) is 11.3 Å². The molecule has 2 atom stereocenters. The largest absolute Gasteiger partial charge is 0.351 e. The number of nitrogens with zero attached hydrogens (tertiary/aromatic N) is 1. The molecule has 1 saturated heterocycles. The van der Waals surface area contributed by atoms with Gasteiger partial charge in [0.15, 0.2) is 0 Å². The Morgan fingerprint density at radius 3 is 2.62 bits per heavy atom. The van der Waals surface area contributed by atoms with Crippen molar-refractivity contribution in [3.05, 3.63) is 53.6 Å². The monoisotopic (exact) mass is 434 g/mol. The molecule has 7 nitrogen and oxygen atoms in total. The van der Waals surface area contributed by atoms with Gasteiger partial charge in [-0.15, -0.1) is 0 Å². The van der Waals surface area contributed by atoms with Crippen LogP contribution in [0.4, 0.5) is 5.69 Å². The quantitative estimate of drug-likeness (QED) is 0.688. The number of carbonyl (C=O) groups excluding carboxylic acids is 3. The highest BCUT2D eigenvalue weighted by Crippen LogP contribution is 2.32.